The van der Waals surface area contributed by atoms with Crippen molar-refractivity contribution in [1.82, 2.24) is 0 Å². The highest BCUT2D eigenvalue weighted by Gasteiger charge is 2.23. The van der Waals surface area contributed by atoms with Crippen molar-refractivity contribution in [3.63, 3.8) is 0 Å². The smallest absolute Gasteiger partial charge is 0.383 e. The second-order valence-corrected chi connectivity index (χ2v) is 9.73. The number of fused-ring (bicyclic) bond motifs is 1. The van der Waals surface area contributed by atoms with Crippen LogP contribution in [0.2, 0.25) is 0 Å². The lowest BCUT2D eigenvalue weighted by Crippen LogP contribution is -2.23. The Morgan fingerprint density at radius 2 is 1.53 bits per heavy atom. The number of unbranched alkanes of at least 4 members (excludes halogenated alkanes) is 7. The molecule has 0 bridgehead atoms. The largest absolute Gasteiger partial charge is 0.489 e. The van der Waals surface area contributed by atoms with Gasteiger partial charge in [-0.25, -0.2) is 4.79 Å². The van der Waals surface area contributed by atoms with Crippen molar-refractivity contribution >= 4 is 11.0 Å². The fraction of sp³-hybridized carbons (Fsp3) is 0.621. The van der Waals surface area contributed by atoms with Gasteiger partial charge in [0.15, 0.2) is 5.75 Å². The molecule has 0 spiro atoms. The van der Waals surface area contributed by atoms with Gasteiger partial charge in [0, 0.05) is 0 Å². The van der Waals surface area contributed by atoms with Crippen LogP contribution in [0.1, 0.15) is 98.8 Å². The third-order valence-electron chi connectivity index (χ3n) is 5.40. The van der Waals surface area contributed by atoms with Crippen molar-refractivity contribution in [2.24, 2.45) is 0 Å². The zero-order valence-electron chi connectivity index (χ0n) is 21.9. The van der Waals surface area contributed by atoms with Gasteiger partial charge in [-0.1, -0.05) is 77.0 Å². The molecule has 1 aromatic heterocycles. The molecule has 5 nitrogen and oxygen atoms in total. The van der Waals surface area contributed by atoms with Gasteiger partial charge in [-0.05, 0) is 52.2 Å². The van der Waals surface area contributed by atoms with E-state index in [2.05, 4.69) is 26.0 Å². The Labute approximate surface area is 205 Å². The molecular formula is C29H44O5. The lowest BCUT2D eigenvalue weighted by atomic mass is 10.1. The summed E-state index contributed by atoms with van der Waals surface area (Å²) in [6, 6.07) is 5.47. The summed E-state index contributed by atoms with van der Waals surface area (Å²) < 4.78 is 23.9. The van der Waals surface area contributed by atoms with Crippen LogP contribution in [-0.2, 0) is 0 Å². The topological polar surface area (TPSA) is 57.9 Å². The maximum atomic E-state index is 12.8. The predicted octanol–water partition coefficient (Wildman–Crippen LogP) is 8.22. The fourth-order valence-corrected chi connectivity index (χ4v) is 3.77. The fourth-order valence-electron chi connectivity index (χ4n) is 3.77. The molecule has 0 aliphatic carbocycles. The number of benzene rings is 1. The highest BCUT2D eigenvalue weighted by molar-refractivity contribution is 5.91. The lowest BCUT2D eigenvalue weighted by Gasteiger charge is -2.23. The van der Waals surface area contributed by atoms with E-state index >= 15 is 0 Å². The molecule has 34 heavy (non-hydrogen) atoms. The number of allylic oxidation sites excluding steroid dienone is 1. The van der Waals surface area contributed by atoms with Crippen molar-refractivity contribution in [1.29, 1.82) is 0 Å². The van der Waals surface area contributed by atoms with Gasteiger partial charge in [-0.15, -0.1) is 0 Å². The van der Waals surface area contributed by atoms with Crippen LogP contribution in [-0.4, -0.2) is 18.8 Å². The first-order valence-corrected chi connectivity index (χ1v) is 13.1. The summed E-state index contributed by atoms with van der Waals surface area (Å²) in [4.78, 5) is 12.8. The molecule has 190 valence electrons. The molecule has 0 N–H and O–H groups in total. The Kier molecular flexibility index (Phi) is 12.1. The van der Waals surface area contributed by atoms with Crippen molar-refractivity contribution in [2.45, 2.75) is 104 Å². The third-order valence-corrected chi connectivity index (χ3v) is 5.40. The van der Waals surface area contributed by atoms with Crippen molar-refractivity contribution in [3.05, 3.63) is 40.8 Å². The van der Waals surface area contributed by atoms with Gasteiger partial charge >= 0.3 is 5.63 Å². The molecule has 0 fully saturated rings. The van der Waals surface area contributed by atoms with Crippen molar-refractivity contribution in [2.75, 3.05) is 13.2 Å². The van der Waals surface area contributed by atoms with E-state index in [4.69, 9.17) is 18.6 Å². The Balaban J connectivity index is 2.21. The lowest BCUT2D eigenvalue weighted by molar-refractivity contribution is 0.132. The average Bonchev–Trinajstić information content (AvgIpc) is 2.78. The maximum Gasteiger partial charge on any atom is 0.383 e. The summed E-state index contributed by atoms with van der Waals surface area (Å²) in [7, 11) is 0. The summed E-state index contributed by atoms with van der Waals surface area (Å²) in [6.45, 7) is 11.2. The van der Waals surface area contributed by atoms with Gasteiger partial charge in [0.25, 0.3) is 0 Å². The molecule has 1 aromatic carbocycles. The Morgan fingerprint density at radius 1 is 0.853 bits per heavy atom. The molecule has 5 heteroatoms. The summed E-state index contributed by atoms with van der Waals surface area (Å²) >= 11 is 0. The quantitative estimate of drug-likeness (QED) is 0.140. The normalized spacial score (nSPS) is 11.9. The molecule has 0 saturated carbocycles. The summed E-state index contributed by atoms with van der Waals surface area (Å²) in [5.41, 5.74) is -0.493. The predicted molar refractivity (Wildman–Crippen MR) is 141 cm³/mol. The zero-order valence-corrected chi connectivity index (χ0v) is 21.9. The number of hydrogen-bond donors (Lipinski definition) is 0. The molecule has 0 radical (unpaired) electrons. The van der Waals surface area contributed by atoms with Crippen LogP contribution in [0.5, 0.6) is 17.2 Å². The van der Waals surface area contributed by atoms with E-state index in [1.807, 2.05) is 32.9 Å². The van der Waals surface area contributed by atoms with E-state index in [-0.39, 0.29) is 5.75 Å². The molecule has 0 amide bonds. The van der Waals surface area contributed by atoms with Gasteiger partial charge in [0.05, 0.1) is 13.2 Å². The third kappa shape index (κ3) is 9.44. The molecule has 1 heterocycles. The molecule has 0 aliphatic rings. The Hall–Kier alpha value is -2.43. The number of ether oxygens (including phenoxy) is 3. The highest BCUT2D eigenvalue weighted by atomic mass is 16.5. The zero-order chi connectivity index (χ0) is 24.8. The van der Waals surface area contributed by atoms with E-state index in [0.29, 0.717) is 42.1 Å². The van der Waals surface area contributed by atoms with Gasteiger partial charge in [-0.3, -0.25) is 0 Å². The van der Waals surface area contributed by atoms with Crippen LogP contribution in [0.25, 0.3) is 11.0 Å². The molecule has 2 aromatic rings. The van der Waals surface area contributed by atoms with Crippen LogP contribution < -0.4 is 19.8 Å². The molecule has 2 rings (SSSR count). The maximum absolute atomic E-state index is 12.8. The monoisotopic (exact) mass is 472 g/mol. The first-order valence-electron chi connectivity index (χ1n) is 13.1. The minimum Gasteiger partial charge on any atom is -0.489 e. The van der Waals surface area contributed by atoms with E-state index < -0.39 is 11.2 Å². The van der Waals surface area contributed by atoms with Crippen LogP contribution in [0.4, 0.5) is 0 Å². The average molecular weight is 473 g/mol. The number of rotatable bonds is 16. The second-order valence-electron chi connectivity index (χ2n) is 9.73. The van der Waals surface area contributed by atoms with E-state index in [1.54, 1.807) is 6.07 Å². The molecule has 0 atom stereocenters. The highest BCUT2D eigenvalue weighted by Crippen LogP contribution is 2.40. The van der Waals surface area contributed by atoms with E-state index in [1.165, 1.54) is 38.5 Å². The minimum atomic E-state index is -0.522. The molecular weight excluding hydrogens is 428 g/mol. The van der Waals surface area contributed by atoms with Gasteiger partial charge in [0.1, 0.15) is 22.3 Å². The van der Waals surface area contributed by atoms with Crippen molar-refractivity contribution in [3.8, 4) is 17.2 Å². The molecule has 0 unspecified atom stereocenters. The molecule has 0 saturated heterocycles. The van der Waals surface area contributed by atoms with Crippen LogP contribution in [0.15, 0.2) is 39.6 Å². The second kappa shape index (κ2) is 14.7. The Bertz CT molecular complexity index is 936. The Morgan fingerprint density at radius 3 is 2.21 bits per heavy atom. The number of hydrogen-bond acceptors (Lipinski definition) is 5. The van der Waals surface area contributed by atoms with Gasteiger partial charge in [0.2, 0.25) is 5.75 Å². The van der Waals surface area contributed by atoms with Crippen LogP contribution in [0.3, 0.4) is 0 Å². The van der Waals surface area contributed by atoms with Gasteiger partial charge in [-0.2, -0.15) is 0 Å². The summed E-state index contributed by atoms with van der Waals surface area (Å²) in [6.07, 6.45) is 15.5. The SMILES string of the molecule is CCC=CCCOc1c(OCCCCCCCCCC)c2c(OC(C)(C)C)cccc2oc1=O. The van der Waals surface area contributed by atoms with E-state index in [0.717, 1.165) is 19.3 Å². The molecule has 0 aliphatic heterocycles. The summed E-state index contributed by atoms with van der Waals surface area (Å²) in [5.74, 6) is 1.17. The van der Waals surface area contributed by atoms with Crippen LogP contribution in [0, 0.1) is 0 Å². The standard InChI is InChI=1S/C29H44O5/c1-6-8-10-12-13-14-15-17-21-31-26-25-23(19-18-20-24(25)34-29(3,4)5)33-28(30)27(26)32-22-16-11-9-7-2/h9,11,18-20H,6-8,10,12-17,21-22H2,1-5H3. The van der Waals surface area contributed by atoms with E-state index in [9.17, 15) is 4.79 Å². The summed E-state index contributed by atoms with van der Waals surface area (Å²) in [5, 5.41) is 0.649. The van der Waals surface area contributed by atoms with Gasteiger partial charge < -0.3 is 18.6 Å². The first-order chi connectivity index (χ1) is 16.4. The minimum absolute atomic E-state index is 0.127. The van der Waals surface area contributed by atoms with Crippen LogP contribution >= 0.6 is 0 Å². The van der Waals surface area contributed by atoms with Crippen molar-refractivity contribution < 1.29 is 18.6 Å². The first kappa shape index (κ1) is 27.8.